The van der Waals surface area contributed by atoms with Crippen molar-refractivity contribution in [3.8, 4) is 0 Å². The van der Waals surface area contributed by atoms with Crippen molar-refractivity contribution in [3.05, 3.63) is 59.1 Å². The van der Waals surface area contributed by atoms with E-state index in [9.17, 15) is 13.2 Å². The summed E-state index contributed by atoms with van der Waals surface area (Å²) in [6, 6.07) is 14.2. The second kappa shape index (κ2) is 10.9. The zero-order valence-electron chi connectivity index (χ0n) is 16.0. The maximum atomic E-state index is 12.5. The number of carbonyl (C=O) groups is 1. The lowest BCUT2D eigenvalue weighted by Gasteiger charge is -2.18. The molecule has 0 aliphatic rings. The van der Waals surface area contributed by atoms with Crippen LogP contribution in [-0.4, -0.2) is 37.5 Å². The van der Waals surface area contributed by atoms with E-state index in [1.165, 1.54) is 4.31 Å². The summed E-state index contributed by atoms with van der Waals surface area (Å²) in [4.78, 5) is 13.3. The average Bonchev–Trinajstić information content (AvgIpc) is 2.69. The smallest absolute Gasteiger partial charge is 0.243 e. The molecule has 8 heteroatoms. The molecule has 0 saturated carbocycles. The molecule has 0 aliphatic heterocycles. The molecule has 0 aliphatic carbocycles. The first-order chi connectivity index (χ1) is 13.4. The molecule has 0 aromatic heterocycles. The van der Waals surface area contributed by atoms with Crippen LogP contribution in [0, 0.1) is 0 Å². The van der Waals surface area contributed by atoms with Gasteiger partial charge < -0.3 is 5.32 Å². The van der Waals surface area contributed by atoms with E-state index in [0.717, 1.165) is 10.5 Å². The van der Waals surface area contributed by atoms with Gasteiger partial charge >= 0.3 is 0 Å². The molecule has 0 bridgehead atoms. The molecule has 2 aromatic carbocycles. The largest absolute Gasteiger partial charge is 0.352 e. The van der Waals surface area contributed by atoms with Crippen molar-refractivity contribution >= 4 is 39.3 Å². The molecule has 2 rings (SSSR count). The molecule has 0 unspecified atom stereocenters. The average molecular weight is 441 g/mol. The van der Waals surface area contributed by atoms with Crippen molar-refractivity contribution in [2.24, 2.45) is 0 Å². The molecule has 0 radical (unpaired) electrons. The van der Waals surface area contributed by atoms with Crippen molar-refractivity contribution in [1.29, 1.82) is 0 Å². The minimum Gasteiger partial charge on any atom is -0.352 e. The normalized spacial score (nSPS) is 11.6. The highest BCUT2D eigenvalue weighted by Crippen LogP contribution is 2.26. The van der Waals surface area contributed by atoms with Crippen molar-refractivity contribution in [2.45, 2.75) is 36.6 Å². The minimum atomic E-state index is -3.46. The summed E-state index contributed by atoms with van der Waals surface area (Å²) >= 11 is 7.64. The number of rotatable bonds is 10. The number of halogens is 1. The van der Waals surface area contributed by atoms with E-state index < -0.39 is 10.0 Å². The number of thioether (sulfide) groups is 1. The lowest BCUT2D eigenvalue weighted by molar-refractivity contribution is -0.120. The molecule has 1 amide bonds. The molecular weight excluding hydrogens is 416 g/mol. The van der Waals surface area contributed by atoms with Crippen LogP contribution in [0.15, 0.2) is 58.3 Å². The predicted molar refractivity (Wildman–Crippen MR) is 115 cm³/mol. The van der Waals surface area contributed by atoms with Gasteiger partial charge in [0.1, 0.15) is 0 Å². The molecule has 152 valence electrons. The maximum Gasteiger partial charge on any atom is 0.243 e. The molecule has 0 fully saturated rings. The van der Waals surface area contributed by atoms with Gasteiger partial charge in [-0.2, -0.15) is 4.31 Å². The highest BCUT2D eigenvalue weighted by atomic mass is 35.5. The Balaban J connectivity index is 1.82. The fraction of sp³-hybridized carbons (Fsp3) is 0.350. The SMILES string of the molecule is CCN(CC)S(=O)(=O)c1ccc(CNC(=O)CCSc2ccccc2Cl)cc1. The second-order valence-corrected chi connectivity index (χ2v) is 9.52. The van der Waals surface area contributed by atoms with Gasteiger partial charge in [0.05, 0.1) is 9.92 Å². The van der Waals surface area contributed by atoms with E-state index in [1.807, 2.05) is 38.1 Å². The highest BCUT2D eigenvalue weighted by molar-refractivity contribution is 7.99. The van der Waals surface area contributed by atoms with Crippen molar-refractivity contribution in [2.75, 3.05) is 18.8 Å². The molecule has 2 aromatic rings. The molecule has 0 heterocycles. The Morgan fingerprint density at radius 3 is 2.32 bits per heavy atom. The predicted octanol–water partition coefficient (Wildman–Crippen LogP) is 4.17. The number of amides is 1. The Labute approximate surface area is 176 Å². The van der Waals surface area contributed by atoms with Gasteiger partial charge in [0.15, 0.2) is 0 Å². The fourth-order valence-electron chi connectivity index (χ4n) is 2.60. The second-order valence-electron chi connectivity index (χ2n) is 6.04. The first-order valence-electron chi connectivity index (χ1n) is 9.11. The summed E-state index contributed by atoms with van der Waals surface area (Å²) in [6.07, 6.45) is 0.379. The monoisotopic (exact) mass is 440 g/mol. The molecule has 0 saturated heterocycles. The topological polar surface area (TPSA) is 66.5 Å². The van der Waals surface area contributed by atoms with Crippen LogP contribution >= 0.6 is 23.4 Å². The molecule has 5 nitrogen and oxygen atoms in total. The van der Waals surface area contributed by atoms with Crippen LogP contribution in [0.4, 0.5) is 0 Å². The quantitative estimate of drug-likeness (QED) is 0.563. The standard InChI is InChI=1S/C20H25ClN2O3S2/c1-3-23(4-2)28(25,26)17-11-9-16(10-12-17)15-22-20(24)13-14-27-19-8-6-5-7-18(19)21/h5-12H,3-4,13-15H2,1-2H3,(H,22,24). The minimum absolute atomic E-state index is 0.0561. The van der Waals surface area contributed by atoms with Gasteiger partial charge in [-0.15, -0.1) is 11.8 Å². The number of hydrogen-bond donors (Lipinski definition) is 1. The van der Waals surface area contributed by atoms with Gasteiger partial charge in [-0.25, -0.2) is 8.42 Å². The van der Waals surface area contributed by atoms with Crippen LogP contribution in [0.5, 0.6) is 0 Å². The van der Waals surface area contributed by atoms with E-state index in [1.54, 1.807) is 36.0 Å². The zero-order chi connectivity index (χ0) is 20.6. The van der Waals surface area contributed by atoms with Crippen molar-refractivity contribution in [3.63, 3.8) is 0 Å². The van der Waals surface area contributed by atoms with E-state index in [-0.39, 0.29) is 10.8 Å². The van der Waals surface area contributed by atoms with Crippen molar-refractivity contribution < 1.29 is 13.2 Å². The third-order valence-corrected chi connectivity index (χ3v) is 7.76. The number of nitrogens with zero attached hydrogens (tertiary/aromatic N) is 1. The Kier molecular flexibility index (Phi) is 8.82. The zero-order valence-corrected chi connectivity index (χ0v) is 18.4. The van der Waals surface area contributed by atoms with Crippen LogP contribution in [0.1, 0.15) is 25.8 Å². The van der Waals surface area contributed by atoms with Crippen LogP contribution in [0.25, 0.3) is 0 Å². The maximum absolute atomic E-state index is 12.5. The van der Waals surface area contributed by atoms with Gasteiger partial charge in [0.2, 0.25) is 15.9 Å². The highest BCUT2D eigenvalue weighted by Gasteiger charge is 2.21. The number of sulfonamides is 1. The van der Waals surface area contributed by atoms with Crippen molar-refractivity contribution in [1.82, 2.24) is 9.62 Å². The lowest BCUT2D eigenvalue weighted by atomic mass is 10.2. The Morgan fingerprint density at radius 1 is 1.07 bits per heavy atom. The number of nitrogens with one attached hydrogen (secondary N) is 1. The Hall–Kier alpha value is -1.54. The molecule has 0 spiro atoms. The van der Waals surface area contributed by atoms with Gasteiger partial charge in [0.25, 0.3) is 0 Å². The molecule has 0 atom stereocenters. The van der Waals surface area contributed by atoms with Gasteiger partial charge in [0, 0.05) is 36.7 Å². The number of benzene rings is 2. The molecule has 28 heavy (non-hydrogen) atoms. The number of hydrogen-bond acceptors (Lipinski definition) is 4. The van der Waals surface area contributed by atoms with Crippen LogP contribution < -0.4 is 5.32 Å². The third-order valence-electron chi connectivity index (χ3n) is 4.18. The van der Waals surface area contributed by atoms with Crippen LogP contribution in [0.3, 0.4) is 0 Å². The summed E-state index contributed by atoms with van der Waals surface area (Å²) in [5, 5.41) is 3.55. The summed E-state index contributed by atoms with van der Waals surface area (Å²) < 4.78 is 26.4. The number of carbonyl (C=O) groups excluding carboxylic acids is 1. The van der Waals surface area contributed by atoms with Crippen LogP contribution in [-0.2, 0) is 21.4 Å². The summed E-state index contributed by atoms with van der Waals surface area (Å²) in [6.45, 7) is 4.86. The van der Waals surface area contributed by atoms with Gasteiger partial charge in [-0.3, -0.25) is 4.79 Å². The molecule has 1 N–H and O–H groups in total. The summed E-state index contributed by atoms with van der Waals surface area (Å²) in [5.41, 5.74) is 0.852. The van der Waals surface area contributed by atoms with E-state index >= 15 is 0 Å². The van der Waals surface area contributed by atoms with Gasteiger partial charge in [-0.1, -0.05) is 49.7 Å². The van der Waals surface area contributed by atoms with E-state index in [4.69, 9.17) is 11.6 Å². The lowest BCUT2D eigenvalue weighted by Crippen LogP contribution is -2.30. The summed E-state index contributed by atoms with van der Waals surface area (Å²) in [7, 11) is -3.46. The first-order valence-corrected chi connectivity index (χ1v) is 11.9. The summed E-state index contributed by atoms with van der Waals surface area (Å²) in [5.74, 6) is 0.579. The fourth-order valence-corrected chi connectivity index (χ4v) is 5.24. The van der Waals surface area contributed by atoms with E-state index in [0.29, 0.717) is 36.8 Å². The van der Waals surface area contributed by atoms with E-state index in [2.05, 4.69) is 5.32 Å². The van der Waals surface area contributed by atoms with Crippen LogP contribution in [0.2, 0.25) is 5.02 Å². The first kappa shape index (κ1) is 22.7. The Morgan fingerprint density at radius 2 is 1.71 bits per heavy atom. The Bertz CT molecular complexity index is 883. The molecular formula is C20H25ClN2O3S2. The third kappa shape index (κ3) is 6.24. The van der Waals surface area contributed by atoms with Gasteiger partial charge in [-0.05, 0) is 29.8 Å².